The normalized spacial score (nSPS) is 22.4. The molecule has 0 unspecified atom stereocenters. The van der Waals surface area contributed by atoms with Gasteiger partial charge in [0.25, 0.3) is 5.91 Å². The van der Waals surface area contributed by atoms with Crippen LogP contribution in [0.25, 0.3) is 0 Å². The third-order valence-electron chi connectivity index (χ3n) is 3.61. The average molecular weight is 281 g/mol. The van der Waals surface area contributed by atoms with E-state index >= 15 is 0 Å². The Morgan fingerprint density at radius 2 is 2.15 bits per heavy atom. The first-order chi connectivity index (χ1) is 9.28. The molecule has 0 bridgehead atoms. The molecule has 1 atom stereocenters. The molecule has 0 aliphatic carbocycles. The van der Waals surface area contributed by atoms with Gasteiger partial charge in [0.1, 0.15) is 11.6 Å². The monoisotopic (exact) mass is 281 g/mol. The van der Waals surface area contributed by atoms with E-state index in [9.17, 15) is 19.4 Å². The zero-order valence-corrected chi connectivity index (χ0v) is 11.8. The number of aliphatic hydroxyl groups is 1. The van der Waals surface area contributed by atoms with Gasteiger partial charge in [0.05, 0.1) is 11.7 Å². The average Bonchev–Trinajstić information content (AvgIpc) is 2.49. The first kappa shape index (κ1) is 14.8. The highest BCUT2D eigenvalue weighted by molar-refractivity contribution is 5.95. The molecular formula is C15H20FNO3. The van der Waals surface area contributed by atoms with Gasteiger partial charge in [-0.05, 0) is 36.5 Å². The Labute approximate surface area is 117 Å². The van der Waals surface area contributed by atoms with Crippen molar-refractivity contribution < 1.29 is 19.4 Å². The van der Waals surface area contributed by atoms with Crippen molar-refractivity contribution in [3.8, 4) is 5.75 Å². The van der Waals surface area contributed by atoms with Crippen LogP contribution in [0.4, 0.5) is 4.39 Å². The summed E-state index contributed by atoms with van der Waals surface area (Å²) in [4.78, 5) is 14.0. The number of carbonyl (C=O) groups is 1. The molecule has 0 radical (unpaired) electrons. The van der Waals surface area contributed by atoms with E-state index in [-0.39, 0.29) is 16.7 Å². The van der Waals surface area contributed by atoms with Gasteiger partial charge in [0.2, 0.25) is 0 Å². The molecule has 4 nitrogen and oxygen atoms in total. The quantitative estimate of drug-likeness (QED) is 0.829. The summed E-state index contributed by atoms with van der Waals surface area (Å²) in [5.74, 6) is -1.22. The largest absolute Gasteiger partial charge is 0.508 e. The number of likely N-dealkylation sites (tertiary alicyclic amines) is 1. The summed E-state index contributed by atoms with van der Waals surface area (Å²) in [7, 11) is 0. The lowest BCUT2D eigenvalue weighted by Crippen LogP contribution is -2.38. The highest BCUT2D eigenvalue weighted by Crippen LogP contribution is 2.29. The molecule has 1 heterocycles. The Balaban J connectivity index is 2.25. The number of rotatable bonds is 1. The molecule has 0 aromatic heterocycles. The Morgan fingerprint density at radius 3 is 2.85 bits per heavy atom. The molecule has 1 aliphatic heterocycles. The molecule has 1 saturated heterocycles. The molecular weight excluding hydrogens is 261 g/mol. The molecule has 0 saturated carbocycles. The predicted molar refractivity (Wildman–Crippen MR) is 73.0 cm³/mol. The van der Waals surface area contributed by atoms with Crippen LogP contribution < -0.4 is 0 Å². The fourth-order valence-electron chi connectivity index (χ4n) is 2.73. The van der Waals surface area contributed by atoms with E-state index < -0.39 is 17.8 Å². The van der Waals surface area contributed by atoms with Crippen LogP contribution in [0.1, 0.15) is 37.0 Å². The number of aliphatic hydroxyl groups excluding tert-OH is 1. The molecule has 1 amide bonds. The van der Waals surface area contributed by atoms with Gasteiger partial charge < -0.3 is 15.1 Å². The van der Waals surface area contributed by atoms with Crippen molar-refractivity contribution in [3.63, 3.8) is 0 Å². The second-order valence-electron chi connectivity index (χ2n) is 6.20. The molecule has 5 heteroatoms. The summed E-state index contributed by atoms with van der Waals surface area (Å²) in [5.41, 5.74) is -0.351. The number of benzene rings is 1. The van der Waals surface area contributed by atoms with Gasteiger partial charge in [-0.25, -0.2) is 4.39 Å². The fraction of sp³-hybridized carbons (Fsp3) is 0.533. The molecule has 20 heavy (non-hydrogen) atoms. The van der Waals surface area contributed by atoms with Gasteiger partial charge in [-0.15, -0.1) is 0 Å². The molecule has 1 aromatic carbocycles. The lowest BCUT2D eigenvalue weighted by Gasteiger charge is -2.29. The van der Waals surface area contributed by atoms with Crippen LogP contribution in [-0.4, -0.2) is 40.2 Å². The van der Waals surface area contributed by atoms with Crippen molar-refractivity contribution >= 4 is 5.91 Å². The Kier molecular flexibility index (Phi) is 3.99. The van der Waals surface area contributed by atoms with E-state index in [1.807, 2.05) is 13.8 Å². The standard InChI is InChI=1S/C15H20FNO3/c1-15(2)8-11(19)5-6-17(9-15)14(20)12-7-10(18)3-4-13(12)16/h3-4,7,11,18-19H,5-6,8-9H2,1-2H3/t11-/m1/s1. The summed E-state index contributed by atoms with van der Waals surface area (Å²) in [6.07, 6.45) is 0.645. The number of aromatic hydroxyl groups is 1. The second-order valence-corrected chi connectivity index (χ2v) is 6.20. The Hall–Kier alpha value is -1.62. The highest BCUT2D eigenvalue weighted by atomic mass is 19.1. The minimum atomic E-state index is -0.643. The minimum Gasteiger partial charge on any atom is -0.508 e. The molecule has 1 aromatic rings. The maximum absolute atomic E-state index is 13.7. The molecule has 110 valence electrons. The molecule has 0 spiro atoms. The highest BCUT2D eigenvalue weighted by Gasteiger charge is 2.32. The summed E-state index contributed by atoms with van der Waals surface area (Å²) >= 11 is 0. The van der Waals surface area contributed by atoms with E-state index in [1.165, 1.54) is 6.07 Å². The number of carbonyl (C=O) groups excluding carboxylic acids is 1. The topological polar surface area (TPSA) is 60.8 Å². The van der Waals surface area contributed by atoms with Crippen LogP contribution in [0.15, 0.2) is 18.2 Å². The van der Waals surface area contributed by atoms with Crippen molar-refractivity contribution in [3.05, 3.63) is 29.6 Å². The van der Waals surface area contributed by atoms with Gasteiger partial charge >= 0.3 is 0 Å². The lowest BCUT2D eigenvalue weighted by atomic mass is 9.87. The number of hydrogen-bond acceptors (Lipinski definition) is 3. The zero-order chi connectivity index (χ0) is 14.9. The van der Waals surface area contributed by atoms with Crippen molar-refractivity contribution in [2.24, 2.45) is 5.41 Å². The molecule has 1 fully saturated rings. The second kappa shape index (κ2) is 5.40. The fourth-order valence-corrected chi connectivity index (χ4v) is 2.73. The van der Waals surface area contributed by atoms with Crippen LogP contribution in [0.3, 0.4) is 0 Å². The smallest absolute Gasteiger partial charge is 0.256 e. The van der Waals surface area contributed by atoms with Crippen molar-refractivity contribution in [2.75, 3.05) is 13.1 Å². The number of phenolic OH excluding ortho intramolecular Hbond substituents is 1. The van der Waals surface area contributed by atoms with Crippen LogP contribution in [0.2, 0.25) is 0 Å². The third-order valence-corrected chi connectivity index (χ3v) is 3.61. The van der Waals surface area contributed by atoms with Gasteiger partial charge in [-0.1, -0.05) is 13.8 Å². The summed E-state index contributed by atoms with van der Waals surface area (Å²) in [6, 6.07) is 3.44. The molecule has 2 N–H and O–H groups in total. The molecule has 1 aliphatic rings. The third kappa shape index (κ3) is 3.28. The van der Waals surface area contributed by atoms with E-state index in [0.29, 0.717) is 25.9 Å². The Morgan fingerprint density at radius 1 is 1.45 bits per heavy atom. The van der Waals surface area contributed by atoms with E-state index in [0.717, 1.165) is 12.1 Å². The van der Waals surface area contributed by atoms with Crippen LogP contribution >= 0.6 is 0 Å². The van der Waals surface area contributed by atoms with Crippen molar-refractivity contribution in [1.82, 2.24) is 4.90 Å². The summed E-state index contributed by atoms with van der Waals surface area (Å²) in [5, 5.41) is 19.2. The Bertz CT molecular complexity index is 516. The summed E-state index contributed by atoms with van der Waals surface area (Å²) < 4.78 is 13.7. The number of halogens is 1. The van der Waals surface area contributed by atoms with Gasteiger partial charge in [0, 0.05) is 13.1 Å². The predicted octanol–water partition coefficient (Wildman–Crippen LogP) is 2.15. The van der Waals surface area contributed by atoms with E-state index in [1.54, 1.807) is 4.90 Å². The van der Waals surface area contributed by atoms with Gasteiger partial charge in [-0.3, -0.25) is 4.79 Å². The molecule has 2 rings (SSSR count). The van der Waals surface area contributed by atoms with Crippen molar-refractivity contribution in [1.29, 1.82) is 0 Å². The van der Waals surface area contributed by atoms with Crippen LogP contribution in [-0.2, 0) is 0 Å². The minimum absolute atomic E-state index is 0.128. The number of hydrogen-bond donors (Lipinski definition) is 2. The first-order valence-electron chi connectivity index (χ1n) is 6.74. The van der Waals surface area contributed by atoms with Gasteiger partial charge in [0.15, 0.2) is 0 Å². The van der Waals surface area contributed by atoms with E-state index in [2.05, 4.69) is 0 Å². The van der Waals surface area contributed by atoms with Crippen LogP contribution in [0, 0.1) is 11.2 Å². The SMILES string of the molecule is CC1(C)C[C@H](O)CCN(C(=O)c2cc(O)ccc2F)C1. The summed E-state index contributed by atoms with van der Waals surface area (Å²) in [6.45, 7) is 4.79. The van der Waals surface area contributed by atoms with Gasteiger partial charge in [-0.2, -0.15) is 0 Å². The maximum atomic E-state index is 13.7. The first-order valence-corrected chi connectivity index (χ1v) is 6.74. The van der Waals surface area contributed by atoms with Crippen LogP contribution in [0.5, 0.6) is 5.75 Å². The number of amides is 1. The number of nitrogens with zero attached hydrogens (tertiary/aromatic N) is 1. The number of phenols is 1. The lowest BCUT2D eigenvalue weighted by molar-refractivity contribution is 0.0699. The zero-order valence-electron chi connectivity index (χ0n) is 11.8. The maximum Gasteiger partial charge on any atom is 0.256 e. The van der Waals surface area contributed by atoms with E-state index in [4.69, 9.17) is 0 Å². The van der Waals surface area contributed by atoms with Crippen molar-refractivity contribution in [2.45, 2.75) is 32.8 Å².